The highest BCUT2D eigenvalue weighted by Crippen LogP contribution is 2.25. The molecule has 2 aromatic carbocycles. The monoisotopic (exact) mass is 420 g/mol. The summed E-state index contributed by atoms with van der Waals surface area (Å²) in [5, 5.41) is 2.65. The summed E-state index contributed by atoms with van der Waals surface area (Å²) in [6.07, 6.45) is 4.56. The Kier molecular flexibility index (Phi) is 4.97. The molecule has 1 aliphatic heterocycles. The van der Waals surface area contributed by atoms with Crippen LogP contribution in [0.2, 0.25) is 0 Å². The van der Waals surface area contributed by atoms with Crippen molar-refractivity contribution in [3.63, 3.8) is 0 Å². The number of ketones is 1. The van der Waals surface area contributed by atoms with E-state index in [0.717, 1.165) is 31.2 Å². The fourth-order valence-electron chi connectivity index (χ4n) is 4.20. The number of nitrogens with zero attached hydrogens (tertiary/aromatic N) is 2. The van der Waals surface area contributed by atoms with Crippen LogP contribution in [0.1, 0.15) is 53.6 Å². The van der Waals surface area contributed by atoms with Gasteiger partial charge in [-0.2, -0.15) is 0 Å². The van der Waals surface area contributed by atoms with Crippen LogP contribution in [-0.4, -0.2) is 40.2 Å². The maximum absolute atomic E-state index is 13.8. The molecule has 2 aliphatic rings. The van der Waals surface area contributed by atoms with Crippen molar-refractivity contribution in [3.05, 3.63) is 58.9 Å². The highest BCUT2D eigenvalue weighted by molar-refractivity contribution is 6.22. The number of aliphatic imine (C=N–C) groups is 1. The summed E-state index contributed by atoms with van der Waals surface area (Å²) in [5.74, 6) is -0.267. The molecule has 0 bridgehead atoms. The van der Waals surface area contributed by atoms with Crippen LogP contribution in [0.25, 0.3) is 11.0 Å². The zero-order valence-corrected chi connectivity index (χ0v) is 16.8. The minimum Gasteiger partial charge on any atom is -0.446 e. The Bertz CT molecular complexity index is 1210. The van der Waals surface area contributed by atoms with Crippen LogP contribution >= 0.6 is 0 Å². The summed E-state index contributed by atoms with van der Waals surface area (Å²) in [6.45, 7) is 0.0226. The second-order valence-corrected chi connectivity index (χ2v) is 7.89. The van der Waals surface area contributed by atoms with Crippen LogP contribution in [0, 0.1) is 5.82 Å². The minimum absolute atomic E-state index is 0.0226. The zero-order valence-electron chi connectivity index (χ0n) is 16.8. The number of anilines is 1. The third kappa shape index (κ3) is 3.93. The molecule has 1 saturated carbocycles. The number of benzene rings is 2. The first-order chi connectivity index (χ1) is 15.1. The number of aromatic nitrogens is 2. The summed E-state index contributed by atoms with van der Waals surface area (Å²) < 4.78 is 19.3. The highest BCUT2D eigenvalue weighted by Gasteiger charge is 2.23. The maximum Gasteiger partial charge on any atom is 0.414 e. The number of rotatable bonds is 3. The van der Waals surface area contributed by atoms with Gasteiger partial charge in [-0.3, -0.25) is 15.1 Å². The van der Waals surface area contributed by atoms with Gasteiger partial charge in [-0.15, -0.1) is 0 Å². The van der Waals surface area contributed by atoms with Gasteiger partial charge in [0.15, 0.2) is 5.78 Å². The van der Waals surface area contributed by atoms with E-state index in [1.807, 2.05) is 12.1 Å². The fourth-order valence-corrected chi connectivity index (χ4v) is 4.20. The number of hydrogen-bond acceptors (Lipinski definition) is 5. The molecule has 8 heteroatoms. The van der Waals surface area contributed by atoms with Crippen LogP contribution in [0.15, 0.2) is 41.4 Å². The molecule has 3 aromatic rings. The Morgan fingerprint density at radius 3 is 2.77 bits per heavy atom. The van der Waals surface area contributed by atoms with Crippen LogP contribution < -0.4 is 5.32 Å². The maximum atomic E-state index is 13.8. The van der Waals surface area contributed by atoms with Gasteiger partial charge in [0.1, 0.15) is 18.5 Å². The lowest BCUT2D eigenvalue weighted by Crippen LogP contribution is -2.24. The molecule has 1 amide bonds. The number of imidazole rings is 1. The van der Waals surface area contributed by atoms with Crippen LogP contribution in [0.3, 0.4) is 0 Å². The fraction of sp³-hybridized carbons (Fsp3) is 0.304. The van der Waals surface area contributed by atoms with E-state index in [0.29, 0.717) is 33.8 Å². The lowest BCUT2D eigenvalue weighted by molar-refractivity contribution is 0.0863. The van der Waals surface area contributed by atoms with Crippen molar-refractivity contribution in [1.29, 1.82) is 0 Å². The molecule has 0 radical (unpaired) electrons. The normalized spacial score (nSPS) is 16.7. The van der Waals surface area contributed by atoms with Gasteiger partial charge in [-0.05, 0) is 56.0 Å². The molecule has 158 valence electrons. The molecule has 2 heterocycles. The third-order valence-corrected chi connectivity index (χ3v) is 5.72. The van der Waals surface area contributed by atoms with Crippen molar-refractivity contribution in [2.75, 3.05) is 11.9 Å². The first-order valence-corrected chi connectivity index (χ1v) is 10.4. The predicted octanol–water partition coefficient (Wildman–Crippen LogP) is 4.62. The molecular weight excluding hydrogens is 399 g/mol. The minimum atomic E-state index is -0.522. The molecule has 7 nitrogen and oxygen atoms in total. The Morgan fingerprint density at radius 2 is 1.94 bits per heavy atom. The Hall–Kier alpha value is -3.55. The molecule has 5 rings (SSSR count). The number of fused-ring (bicyclic) bond motifs is 2. The van der Waals surface area contributed by atoms with Crippen molar-refractivity contribution in [1.82, 2.24) is 9.97 Å². The Labute approximate surface area is 177 Å². The first kappa shape index (κ1) is 19.4. The zero-order chi connectivity index (χ0) is 21.4. The van der Waals surface area contributed by atoms with E-state index in [1.165, 1.54) is 24.6 Å². The number of nitrogens with one attached hydrogen (secondary N) is 2. The average molecular weight is 420 g/mol. The summed E-state index contributed by atoms with van der Waals surface area (Å²) in [7, 11) is 0. The van der Waals surface area contributed by atoms with Gasteiger partial charge in [-0.1, -0.05) is 12.5 Å². The number of hydrogen-bond donors (Lipinski definition) is 2. The van der Waals surface area contributed by atoms with E-state index in [9.17, 15) is 14.0 Å². The van der Waals surface area contributed by atoms with E-state index in [1.54, 1.807) is 6.07 Å². The molecule has 0 spiro atoms. The standard InChI is InChI=1S/C23H21FN4O3/c24-14-7-8-16-17(11-14)21(25-12-20(16)29)13-6-9-18-19(10-13)27-22(26-18)28-23(30)31-15-4-2-1-3-5-15/h6-11,15H,1-5,12H2,(H2,26,27,28,30). The van der Waals surface area contributed by atoms with E-state index < -0.39 is 11.9 Å². The van der Waals surface area contributed by atoms with Crippen molar-refractivity contribution in [2.45, 2.75) is 38.2 Å². The van der Waals surface area contributed by atoms with Crippen LogP contribution in [0.4, 0.5) is 15.1 Å². The second-order valence-electron chi connectivity index (χ2n) is 7.89. The number of halogens is 1. The Morgan fingerprint density at radius 1 is 1.10 bits per heavy atom. The van der Waals surface area contributed by atoms with Crippen molar-refractivity contribution in [2.24, 2.45) is 4.99 Å². The van der Waals surface area contributed by atoms with Crippen LogP contribution in [0.5, 0.6) is 0 Å². The quantitative estimate of drug-likeness (QED) is 0.646. The SMILES string of the molecule is O=C(Nc1nc2ccc(C3=NCC(=O)c4ccc(F)cc43)cc2[nH]1)OC1CCCCC1. The van der Waals surface area contributed by atoms with E-state index in [2.05, 4.69) is 20.3 Å². The van der Waals surface area contributed by atoms with Gasteiger partial charge in [0.05, 0.1) is 16.7 Å². The summed E-state index contributed by atoms with van der Waals surface area (Å²) in [4.78, 5) is 36.1. The topological polar surface area (TPSA) is 96.4 Å². The molecule has 2 N–H and O–H groups in total. The number of carbonyl (C=O) groups excluding carboxylic acids is 2. The Balaban J connectivity index is 1.38. The highest BCUT2D eigenvalue weighted by atomic mass is 19.1. The number of carbonyl (C=O) groups is 2. The smallest absolute Gasteiger partial charge is 0.414 e. The molecule has 0 saturated heterocycles. The number of aromatic amines is 1. The van der Waals surface area contributed by atoms with Crippen molar-refractivity contribution < 1.29 is 18.7 Å². The van der Waals surface area contributed by atoms with Gasteiger partial charge in [0.2, 0.25) is 5.95 Å². The van der Waals surface area contributed by atoms with E-state index in [4.69, 9.17) is 4.74 Å². The number of H-pyrrole nitrogens is 1. The lowest BCUT2D eigenvalue weighted by atomic mass is 9.92. The summed E-state index contributed by atoms with van der Waals surface area (Å²) in [5.41, 5.74) is 3.56. The van der Waals surface area contributed by atoms with Crippen LogP contribution in [-0.2, 0) is 4.74 Å². The van der Waals surface area contributed by atoms with E-state index >= 15 is 0 Å². The van der Waals surface area contributed by atoms with Crippen molar-refractivity contribution >= 4 is 34.6 Å². The first-order valence-electron chi connectivity index (χ1n) is 10.4. The largest absolute Gasteiger partial charge is 0.446 e. The molecule has 1 aliphatic carbocycles. The number of Topliss-reactive ketones (excluding diaryl/α,β-unsaturated/α-hetero) is 1. The van der Waals surface area contributed by atoms with Gasteiger partial charge >= 0.3 is 6.09 Å². The van der Waals surface area contributed by atoms with Gasteiger partial charge < -0.3 is 9.72 Å². The molecule has 0 unspecified atom stereocenters. The van der Waals surface area contributed by atoms with Gasteiger partial charge in [0, 0.05) is 16.7 Å². The molecule has 31 heavy (non-hydrogen) atoms. The van der Waals surface area contributed by atoms with Gasteiger partial charge in [0.25, 0.3) is 0 Å². The predicted molar refractivity (Wildman–Crippen MR) is 114 cm³/mol. The number of amides is 1. The number of ether oxygens (including phenoxy) is 1. The second kappa shape index (κ2) is 7.94. The molecular formula is C23H21FN4O3. The average Bonchev–Trinajstić information content (AvgIpc) is 3.15. The summed E-state index contributed by atoms with van der Waals surface area (Å²) >= 11 is 0. The molecule has 1 aromatic heterocycles. The van der Waals surface area contributed by atoms with Gasteiger partial charge in [-0.25, -0.2) is 14.2 Å². The summed E-state index contributed by atoms with van der Waals surface area (Å²) in [6, 6.07) is 9.53. The molecule has 0 atom stereocenters. The van der Waals surface area contributed by atoms with Crippen molar-refractivity contribution in [3.8, 4) is 0 Å². The molecule has 1 fully saturated rings. The van der Waals surface area contributed by atoms with E-state index in [-0.39, 0.29) is 18.4 Å². The third-order valence-electron chi connectivity index (χ3n) is 5.72. The lowest BCUT2D eigenvalue weighted by Gasteiger charge is -2.21.